The fourth-order valence-corrected chi connectivity index (χ4v) is 4.72. The Morgan fingerprint density at radius 2 is 1.70 bits per heavy atom. The summed E-state index contributed by atoms with van der Waals surface area (Å²) in [6.45, 7) is 3.25. The molecule has 2 N–H and O–H groups in total. The third-order valence-corrected chi connectivity index (χ3v) is 7.29. The Bertz CT molecular complexity index is 933. The molecule has 1 unspecified atom stereocenters. The van der Waals surface area contributed by atoms with Crippen LogP contribution in [-0.2, 0) is 32.6 Å². The average molecular weight is 477 g/mol. The minimum absolute atomic E-state index is 0.00194. The van der Waals surface area contributed by atoms with E-state index in [9.17, 15) is 13.2 Å². The van der Waals surface area contributed by atoms with Crippen LogP contribution in [-0.4, -0.2) is 50.7 Å². The minimum atomic E-state index is -3.60. The van der Waals surface area contributed by atoms with Crippen LogP contribution in [0.4, 0.5) is 0 Å². The first-order chi connectivity index (χ1) is 15.9. The molecule has 2 aromatic rings. The van der Waals surface area contributed by atoms with Crippen molar-refractivity contribution in [2.24, 2.45) is 5.73 Å². The van der Waals surface area contributed by atoms with Crippen molar-refractivity contribution in [2.75, 3.05) is 26.0 Å². The maximum absolute atomic E-state index is 13.0. The van der Waals surface area contributed by atoms with Gasteiger partial charge in [-0.05, 0) is 55.5 Å². The number of hydrogen-bond acceptors (Lipinski definition) is 6. The summed E-state index contributed by atoms with van der Waals surface area (Å²) in [7, 11) is -2.15. The van der Waals surface area contributed by atoms with Crippen LogP contribution in [0.25, 0.3) is 0 Å². The van der Waals surface area contributed by atoms with E-state index in [-0.39, 0.29) is 18.8 Å². The molecule has 0 aliphatic heterocycles. The molecule has 0 radical (unpaired) electrons. The highest BCUT2D eigenvalue weighted by Gasteiger charge is 2.32. The molecule has 0 aromatic heterocycles. The highest BCUT2D eigenvalue weighted by Crippen LogP contribution is 2.18. The summed E-state index contributed by atoms with van der Waals surface area (Å²) in [5.74, 6) is 0.157. The van der Waals surface area contributed by atoms with Crippen LogP contribution in [0.1, 0.15) is 43.7 Å². The van der Waals surface area contributed by atoms with E-state index in [0.717, 1.165) is 40.4 Å². The largest absolute Gasteiger partial charge is 0.494 e. The Morgan fingerprint density at radius 1 is 1.00 bits per heavy atom. The maximum Gasteiger partial charge on any atom is 0.325 e. The predicted molar refractivity (Wildman–Crippen MR) is 130 cm³/mol. The molecule has 0 saturated carbocycles. The van der Waals surface area contributed by atoms with Crippen molar-refractivity contribution in [3.63, 3.8) is 0 Å². The second-order valence-corrected chi connectivity index (χ2v) is 10.1. The monoisotopic (exact) mass is 476 g/mol. The molecular formula is C25H36N2O5S. The molecule has 1 atom stereocenters. The molecule has 0 saturated heterocycles. The Balaban J connectivity index is 2.11. The van der Waals surface area contributed by atoms with Gasteiger partial charge in [0, 0.05) is 7.05 Å². The summed E-state index contributed by atoms with van der Waals surface area (Å²) in [6.07, 6.45) is 3.29. The summed E-state index contributed by atoms with van der Waals surface area (Å²) in [5.41, 5.74) is 7.16. The Kier molecular flexibility index (Phi) is 11.4. The number of hydrogen-bond donors (Lipinski definition) is 1. The van der Waals surface area contributed by atoms with Gasteiger partial charge in [0.1, 0.15) is 18.4 Å². The van der Waals surface area contributed by atoms with Crippen LogP contribution in [0, 0.1) is 0 Å². The standard InChI is InChI=1S/C25H36N2O5S/c1-3-4-18-33(29,30)27(2)24(25(28)32-20-22-10-6-5-7-11-22)19-21-12-14-23(15-13-21)31-17-9-8-16-26/h5-7,10-15,24H,3-4,8-9,16-20,26H2,1-2H3. The van der Waals surface area contributed by atoms with E-state index in [0.29, 0.717) is 19.6 Å². The number of sulfonamides is 1. The quantitative estimate of drug-likeness (QED) is 0.312. The number of nitrogens with two attached hydrogens (primary N) is 1. The van der Waals surface area contributed by atoms with E-state index in [1.165, 1.54) is 7.05 Å². The second kappa shape index (κ2) is 14.0. The van der Waals surface area contributed by atoms with Gasteiger partial charge in [-0.3, -0.25) is 4.79 Å². The van der Waals surface area contributed by atoms with Crippen LogP contribution in [0.3, 0.4) is 0 Å². The lowest BCUT2D eigenvalue weighted by atomic mass is 10.1. The van der Waals surface area contributed by atoms with Gasteiger partial charge in [0.05, 0.1) is 12.4 Å². The molecule has 0 amide bonds. The summed E-state index contributed by atoms with van der Waals surface area (Å²) < 4.78 is 38.0. The number of carbonyl (C=O) groups excluding carboxylic acids is 1. The van der Waals surface area contributed by atoms with Crippen LogP contribution in [0.5, 0.6) is 5.75 Å². The molecule has 8 heteroatoms. The fraction of sp³-hybridized carbons (Fsp3) is 0.480. The number of ether oxygens (including phenoxy) is 2. The molecule has 2 aromatic carbocycles. The molecule has 7 nitrogen and oxygen atoms in total. The second-order valence-electron chi connectivity index (χ2n) is 7.99. The van der Waals surface area contributed by atoms with E-state index in [1.807, 2.05) is 61.5 Å². The number of esters is 1. The lowest BCUT2D eigenvalue weighted by molar-refractivity contribution is -0.149. The summed E-state index contributed by atoms with van der Waals surface area (Å²) in [5, 5.41) is 0. The first kappa shape index (κ1) is 26.8. The normalized spacial score (nSPS) is 12.5. The van der Waals surface area contributed by atoms with Gasteiger partial charge >= 0.3 is 5.97 Å². The van der Waals surface area contributed by atoms with E-state index >= 15 is 0 Å². The van der Waals surface area contributed by atoms with Crippen LogP contribution in [0.15, 0.2) is 54.6 Å². The van der Waals surface area contributed by atoms with Crippen molar-refractivity contribution in [3.05, 3.63) is 65.7 Å². The lowest BCUT2D eigenvalue weighted by Crippen LogP contribution is -2.45. The summed E-state index contributed by atoms with van der Waals surface area (Å²) in [4.78, 5) is 13.0. The number of carbonyl (C=O) groups is 1. The lowest BCUT2D eigenvalue weighted by Gasteiger charge is -2.26. The van der Waals surface area contributed by atoms with Gasteiger partial charge in [-0.15, -0.1) is 0 Å². The summed E-state index contributed by atoms with van der Waals surface area (Å²) >= 11 is 0. The van der Waals surface area contributed by atoms with E-state index in [4.69, 9.17) is 15.2 Å². The Labute approximate surface area is 197 Å². The van der Waals surface area contributed by atoms with Crippen LogP contribution >= 0.6 is 0 Å². The highest BCUT2D eigenvalue weighted by molar-refractivity contribution is 7.89. The van der Waals surface area contributed by atoms with Gasteiger partial charge in [-0.25, -0.2) is 8.42 Å². The van der Waals surface area contributed by atoms with Crippen molar-refractivity contribution in [2.45, 2.75) is 51.7 Å². The van der Waals surface area contributed by atoms with Crippen molar-refractivity contribution < 1.29 is 22.7 Å². The van der Waals surface area contributed by atoms with Gasteiger partial charge in [-0.1, -0.05) is 55.8 Å². The number of rotatable bonds is 15. The number of nitrogens with zero attached hydrogens (tertiary/aromatic N) is 1. The molecule has 0 aliphatic carbocycles. The minimum Gasteiger partial charge on any atom is -0.494 e. The van der Waals surface area contributed by atoms with E-state index in [2.05, 4.69) is 0 Å². The topological polar surface area (TPSA) is 98.9 Å². The molecule has 33 heavy (non-hydrogen) atoms. The number of unbranched alkanes of at least 4 members (excludes halogenated alkanes) is 2. The highest BCUT2D eigenvalue weighted by atomic mass is 32.2. The Morgan fingerprint density at radius 3 is 2.33 bits per heavy atom. The smallest absolute Gasteiger partial charge is 0.325 e. The first-order valence-corrected chi connectivity index (χ1v) is 13.1. The van der Waals surface area contributed by atoms with Crippen molar-refractivity contribution in [3.8, 4) is 5.75 Å². The van der Waals surface area contributed by atoms with E-state index < -0.39 is 22.0 Å². The third kappa shape index (κ3) is 9.15. The maximum atomic E-state index is 13.0. The van der Waals surface area contributed by atoms with Gasteiger partial charge in [0.15, 0.2) is 0 Å². The first-order valence-electron chi connectivity index (χ1n) is 11.5. The zero-order valence-electron chi connectivity index (χ0n) is 19.6. The Hall–Kier alpha value is -2.42. The van der Waals surface area contributed by atoms with Gasteiger partial charge < -0.3 is 15.2 Å². The van der Waals surface area contributed by atoms with Crippen LogP contribution in [0.2, 0.25) is 0 Å². The van der Waals surface area contributed by atoms with Gasteiger partial charge in [0.2, 0.25) is 10.0 Å². The number of likely N-dealkylation sites (N-methyl/N-ethyl adjacent to an activating group) is 1. The molecular weight excluding hydrogens is 440 g/mol. The van der Waals surface area contributed by atoms with E-state index in [1.54, 1.807) is 0 Å². The number of benzene rings is 2. The molecule has 0 heterocycles. The third-order valence-electron chi connectivity index (χ3n) is 5.35. The van der Waals surface area contributed by atoms with Gasteiger partial charge in [-0.2, -0.15) is 4.31 Å². The van der Waals surface area contributed by atoms with Gasteiger partial charge in [0.25, 0.3) is 0 Å². The molecule has 2 rings (SSSR count). The van der Waals surface area contributed by atoms with Crippen molar-refractivity contribution in [1.29, 1.82) is 0 Å². The molecule has 182 valence electrons. The molecule has 0 spiro atoms. The van der Waals surface area contributed by atoms with Crippen molar-refractivity contribution in [1.82, 2.24) is 4.31 Å². The molecule has 0 aliphatic rings. The van der Waals surface area contributed by atoms with Crippen LogP contribution < -0.4 is 10.5 Å². The summed E-state index contributed by atoms with van der Waals surface area (Å²) in [6, 6.07) is 15.7. The average Bonchev–Trinajstić information content (AvgIpc) is 2.83. The zero-order valence-corrected chi connectivity index (χ0v) is 20.4. The SMILES string of the molecule is CCCCS(=O)(=O)N(C)C(Cc1ccc(OCCCCN)cc1)C(=O)OCc1ccccc1. The fourth-order valence-electron chi connectivity index (χ4n) is 3.23. The van der Waals surface area contributed by atoms with Crippen molar-refractivity contribution >= 4 is 16.0 Å². The zero-order chi connectivity index (χ0) is 24.1. The molecule has 0 bridgehead atoms. The predicted octanol–water partition coefficient (Wildman–Crippen LogP) is 3.52. The molecule has 0 fully saturated rings.